The average molecular weight is 554 g/mol. The highest BCUT2D eigenvalue weighted by Gasteiger charge is 2.25. The number of rotatable bonds is 9. The van der Waals surface area contributed by atoms with Gasteiger partial charge in [0.2, 0.25) is 0 Å². The van der Waals surface area contributed by atoms with Crippen LogP contribution in [0, 0.1) is 5.82 Å². The SMILES string of the molecule is CC(C)c1noc(N2CCC(N(C)CCCOc3cnc(S(C)(=O)=O)c(F)c3)CC2)n1.O=P(O)(O)O. The fraction of sp³-hybridized carbons (Fsp3) is 0.650. The van der Waals surface area contributed by atoms with Crippen LogP contribution in [-0.2, 0) is 14.4 Å². The van der Waals surface area contributed by atoms with Crippen molar-refractivity contribution in [3.8, 4) is 5.75 Å². The number of sulfone groups is 1. The number of piperidine rings is 1. The predicted molar refractivity (Wildman–Crippen MR) is 128 cm³/mol. The first-order valence-electron chi connectivity index (χ1n) is 11.2. The van der Waals surface area contributed by atoms with Crippen molar-refractivity contribution in [1.29, 1.82) is 0 Å². The number of nitrogens with zero attached hydrogens (tertiary/aromatic N) is 5. The Hall–Kier alpha value is -2.16. The molecule has 1 aliphatic heterocycles. The molecule has 0 amide bonds. The van der Waals surface area contributed by atoms with Crippen molar-refractivity contribution in [2.24, 2.45) is 0 Å². The van der Waals surface area contributed by atoms with Crippen molar-refractivity contribution in [3.63, 3.8) is 0 Å². The largest absolute Gasteiger partial charge is 0.492 e. The lowest BCUT2D eigenvalue weighted by Crippen LogP contribution is -2.44. The minimum absolute atomic E-state index is 0.223. The van der Waals surface area contributed by atoms with Crippen LogP contribution in [0.2, 0.25) is 0 Å². The van der Waals surface area contributed by atoms with E-state index in [0.29, 0.717) is 18.7 Å². The number of ether oxygens (including phenoxy) is 1. The summed E-state index contributed by atoms with van der Waals surface area (Å²) in [7, 11) is -6.24. The summed E-state index contributed by atoms with van der Waals surface area (Å²) in [5.74, 6) is 0.301. The number of phosphoric acid groups is 1. The van der Waals surface area contributed by atoms with Crippen LogP contribution in [0.15, 0.2) is 21.8 Å². The van der Waals surface area contributed by atoms with Crippen LogP contribution in [0.4, 0.5) is 10.4 Å². The fourth-order valence-electron chi connectivity index (χ4n) is 3.53. The quantitative estimate of drug-likeness (QED) is 0.301. The van der Waals surface area contributed by atoms with E-state index in [2.05, 4.69) is 32.0 Å². The lowest BCUT2D eigenvalue weighted by Gasteiger charge is -2.35. The van der Waals surface area contributed by atoms with Crippen molar-refractivity contribution in [3.05, 3.63) is 23.9 Å². The number of pyridine rings is 1. The van der Waals surface area contributed by atoms with Gasteiger partial charge < -0.3 is 33.7 Å². The molecule has 0 bridgehead atoms. The molecule has 1 aliphatic rings. The molecule has 0 aliphatic carbocycles. The Labute approximate surface area is 209 Å². The normalized spacial score (nSPS) is 15.2. The Morgan fingerprint density at radius 1 is 1.31 bits per heavy atom. The summed E-state index contributed by atoms with van der Waals surface area (Å²) < 4.78 is 56.5. The summed E-state index contributed by atoms with van der Waals surface area (Å²) in [6, 6.07) is 2.11. The van der Waals surface area contributed by atoms with Crippen molar-refractivity contribution in [2.45, 2.75) is 50.1 Å². The molecule has 2 aromatic rings. The van der Waals surface area contributed by atoms with Gasteiger partial charge in [0.15, 0.2) is 26.5 Å². The summed E-state index contributed by atoms with van der Waals surface area (Å²) in [5.41, 5.74) is 0. The molecule has 1 fully saturated rings. The third-order valence-electron chi connectivity index (χ3n) is 5.36. The van der Waals surface area contributed by atoms with Gasteiger partial charge in [-0.25, -0.2) is 22.4 Å². The van der Waals surface area contributed by atoms with Crippen molar-refractivity contribution in [1.82, 2.24) is 20.0 Å². The Balaban J connectivity index is 0.000000830. The molecule has 204 valence electrons. The van der Waals surface area contributed by atoms with E-state index < -0.39 is 28.5 Å². The van der Waals surface area contributed by atoms with E-state index in [1.165, 1.54) is 6.20 Å². The smallest absolute Gasteiger partial charge is 0.466 e. The van der Waals surface area contributed by atoms with Gasteiger partial charge in [0, 0.05) is 43.9 Å². The maximum Gasteiger partial charge on any atom is 0.466 e. The van der Waals surface area contributed by atoms with E-state index in [0.717, 1.165) is 57.0 Å². The van der Waals surface area contributed by atoms with Crippen LogP contribution >= 0.6 is 7.82 Å². The first-order valence-corrected chi connectivity index (χ1v) is 14.7. The second kappa shape index (κ2) is 12.9. The molecule has 0 unspecified atom stereocenters. The minimum atomic E-state index is -4.64. The molecular formula is C20H33FN5O8PS. The number of aromatic nitrogens is 3. The third-order valence-corrected chi connectivity index (χ3v) is 6.37. The molecule has 0 spiro atoms. The number of anilines is 1. The lowest BCUT2D eigenvalue weighted by molar-refractivity contribution is 0.187. The van der Waals surface area contributed by atoms with E-state index in [-0.39, 0.29) is 11.7 Å². The molecule has 1 saturated heterocycles. The number of hydrogen-bond acceptors (Lipinski definition) is 10. The Kier molecular flexibility index (Phi) is 10.8. The maximum atomic E-state index is 13.9. The summed E-state index contributed by atoms with van der Waals surface area (Å²) in [6.07, 6.45) is 4.91. The fourth-order valence-corrected chi connectivity index (χ4v) is 4.19. The standard InChI is InChI=1S/C20H30FN5O4S.H3O4P/c1-14(2)18-23-20(30-24-18)26-9-6-15(7-10-26)25(3)8-5-11-29-16-12-17(21)19(22-13-16)31(4,27)28;1-5(2,3)4/h12-15H,5-11H2,1-4H3;(H3,1,2,3,4). The second-order valence-corrected chi connectivity index (χ2v) is 11.7. The van der Waals surface area contributed by atoms with Gasteiger partial charge in [0.1, 0.15) is 5.75 Å². The van der Waals surface area contributed by atoms with Gasteiger partial charge in [-0.15, -0.1) is 0 Å². The third kappa shape index (κ3) is 10.1. The Morgan fingerprint density at radius 2 is 1.92 bits per heavy atom. The van der Waals surface area contributed by atoms with Crippen molar-refractivity contribution in [2.75, 3.05) is 44.4 Å². The molecule has 0 saturated carbocycles. The minimum Gasteiger partial charge on any atom is -0.492 e. The molecule has 3 N–H and O–H groups in total. The van der Waals surface area contributed by atoms with Gasteiger partial charge in [-0.3, -0.25) is 0 Å². The average Bonchev–Trinajstić information content (AvgIpc) is 3.25. The molecule has 3 heterocycles. The zero-order chi connectivity index (χ0) is 27.1. The van der Waals surface area contributed by atoms with Crippen LogP contribution < -0.4 is 9.64 Å². The summed E-state index contributed by atoms with van der Waals surface area (Å²) in [6.45, 7) is 7.03. The van der Waals surface area contributed by atoms with E-state index in [1.807, 2.05) is 13.8 Å². The first-order chi connectivity index (χ1) is 16.6. The van der Waals surface area contributed by atoms with Gasteiger partial charge in [-0.1, -0.05) is 19.0 Å². The zero-order valence-electron chi connectivity index (χ0n) is 20.6. The van der Waals surface area contributed by atoms with E-state index in [9.17, 15) is 12.8 Å². The molecule has 36 heavy (non-hydrogen) atoms. The number of halogens is 1. The maximum absolute atomic E-state index is 13.9. The summed E-state index contributed by atoms with van der Waals surface area (Å²) >= 11 is 0. The summed E-state index contributed by atoms with van der Waals surface area (Å²) in [5, 5.41) is 3.47. The van der Waals surface area contributed by atoms with Crippen LogP contribution in [-0.4, -0.2) is 88.7 Å². The van der Waals surface area contributed by atoms with Crippen LogP contribution in [0.1, 0.15) is 44.9 Å². The molecule has 2 aromatic heterocycles. The number of hydrogen-bond donors (Lipinski definition) is 3. The van der Waals surface area contributed by atoms with Crippen molar-refractivity contribution < 1.29 is 41.3 Å². The lowest BCUT2D eigenvalue weighted by atomic mass is 10.0. The van der Waals surface area contributed by atoms with E-state index in [1.54, 1.807) is 0 Å². The molecule has 0 atom stereocenters. The molecular weight excluding hydrogens is 520 g/mol. The van der Waals surface area contributed by atoms with E-state index in [4.69, 9.17) is 28.5 Å². The van der Waals surface area contributed by atoms with Gasteiger partial charge in [0.05, 0.1) is 12.8 Å². The van der Waals surface area contributed by atoms with Gasteiger partial charge in [-0.2, -0.15) is 4.98 Å². The molecule has 0 radical (unpaired) electrons. The van der Waals surface area contributed by atoms with Crippen LogP contribution in [0.25, 0.3) is 0 Å². The highest BCUT2D eigenvalue weighted by molar-refractivity contribution is 7.90. The molecule has 16 heteroatoms. The molecule has 0 aromatic carbocycles. The van der Waals surface area contributed by atoms with Gasteiger partial charge >= 0.3 is 13.8 Å². The first kappa shape index (κ1) is 30.1. The summed E-state index contributed by atoms with van der Waals surface area (Å²) in [4.78, 5) is 34.1. The van der Waals surface area contributed by atoms with Crippen molar-refractivity contribution >= 4 is 23.7 Å². The van der Waals surface area contributed by atoms with Gasteiger partial charge in [-0.05, 0) is 26.3 Å². The molecule has 3 rings (SSSR count). The zero-order valence-corrected chi connectivity index (χ0v) is 22.3. The van der Waals surface area contributed by atoms with Gasteiger partial charge in [0.25, 0.3) is 0 Å². The van der Waals surface area contributed by atoms with Crippen LogP contribution in [0.3, 0.4) is 0 Å². The Morgan fingerprint density at radius 3 is 2.42 bits per heavy atom. The second-order valence-electron chi connectivity index (χ2n) is 8.73. The monoisotopic (exact) mass is 553 g/mol. The highest BCUT2D eigenvalue weighted by Crippen LogP contribution is 2.26. The van der Waals surface area contributed by atoms with E-state index >= 15 is 0 Å². The molecule has 13 nitrogen and oxygen atoms in total. The topological polar surface area (TPSA) is 179 Å². The Bertz CT molecular complexity index is 1130. The van der Waals surface area contributed by atoms with Crippen LogP contribution in [0.5, 0.6) is 5.75 Å². The highest BCUT2D eigenvalue weighted by atomic mass is 32.2. The predicted octanol–water partition coefficient (Wildman–Crippen LogP) is 1.57.